The summed E-state index contributed by atoms with van der Waals surface area (Å²) in [5.41, 5.74) is 0.748. The molecule has 0 aliphatic carbocycles. The molecule has 38 heavy (non-hydrogen) atoms. The van der Waals surface area contributed by atoms with Crippen LogP contribution in [0.4, 0.5) is 17.3 Å². The number of anilines is 3. The molecule has 11 nitrogen and oxygen atoms in total. The molecule has 12 heteroatoms. The van der Waals surface area contributed by atoms with Crippen LogP contribution >= 0.6 is 11.6 Å². The number of carbonyl (C=O) groups excluding carboxylic acids is 1. The molecule has 0 saturated heterocycles. The van der Waals surface area contributed by atoms with E-state index in [1.165, 1.54) is 37.2 Å². The van der Waals surface area contributed by atoms with Crippen LogP contribution in [0, 0.1) is 0 Å². The maximum atomic E-state index is 13.5. The van der Waals surface area contributed by atoms with Crippen LogP contribution in [-0.2, 0) is 11.3 Å². The summed E-state index contributed by atoms with van der Waals surface area (Å²) >= 11 is 6.01. The number of aliphatic imine (C=N–C) groups is 1. The molecular formula is C26H23ClN6O5. The molecule has 4 rings (SSSR count). The number of aliphatic hydroxyl groups is 1. The maximum absolute atomic E-state index is 13.5. The molecule has 0 saturated carbocycles. The zero-order valence-corrected chi connectivity index (χ0v) is 21.1. The van der Waals surface area contributed by atoms with Gasteiger partial charge in [0.2, 0.25) is 5.95 Å². The molecule has 0 spiro atoms. The first kappa shape index (κ1) is 26.2. The fourth-order valence-electron chi connectivity index (χ4n) is 3.34. The van der Waals surface area contributed by atoms with Crippen LogP contribution in [0.2, 0.25) is 5.02 Å². The molecule has 4 aromatic rings. The fraction of sp³-hybridized carbons (Fsp3) is 0.115. The van der Waals surface area contributed by atoms with Gasteiger partial charge < -0.3 is 25.0 Å². The van der Waals surface area contributed by atoms with Gasteiger partial charge in [0.05, 0.1) is 18.3 Å². The highest BCUT2D eigenvalue weighted by Crippen LogP contribution is 2.23. The quantitative estimate of drug-likeness (QED) is 0.155. The first-order chi connectivity index (χ1) is 18.3. The van der Waals surface area contributed by atoms with Gasteiger partial charge in [-0.25, -0.2) is 4.98 Å². The molecular weight excluding hydrogens is 512 g/mol. The highest BCUT2D eigenvalue weighted by Gasteiger charge is 2.17. The molecule has 0 fully saturated rings. The third-order valence-electron chi connectivity index (χ3n) is 5.19. The van der Waals surface area contributed by atoms with E-state index in [1.54, 1.807) is 54.6 Å². The summed E-state index contributed by atoms with van der Waals surface area (Å²) in [6.07, 6.45) is 3.86. The average molecular weight is 535 g/mol. The van der Waals surface area contributed by atoms with Crippen molar-refractivity contribution in [2.24, 2.45) is 4.99 Å². The Kier molecular flexibility index (Phi) is 8.19. The van der Waals surface area contributed by atoms with E-state index in [0.717, 1.165) is 5.56 Å². The van der Waals surface area contributed by atoms with Crippen LogP contribution in [0.1, 0.15) is 12.5 Å². The molecule has 0 aliphatic heterocycles. The van der Waals surface area contributed by atoms with Crippen LogP contribution in [0.5, 0.6) is 11.6 Å². The van der Waals surface area contributed by atoms with Gasteiger partial charge >= 0.3 is 0 Å². The third kappa shape index (κ3) is 6.45. The molecule has 2 heterocycles. The van der Waals surface area contributed by atoms with E-state index in [2.05, 4.69) is 25.8 Å². The van der Waals surface area contributed by atoms with Crippen molar-refractivity contribution in [3.63, 3.8) is 0 Å². The first-order valence-electron chi connectivity index (χ1n) is 11.3. The van der Waals surface area contributed by atoms with Gasteiger partial charge in [-0.3, -0.25) is 19.1 Å². The number of hydrogen-bond donors (Lipinski definition) is 3. The number of halogens is 1. The Morgan fingerprint density at radius 2 is 1.92 bits per heavy atom. The Morgan fingerprint density at radius 3 is 2.55 bits per heavy atom. The topological polar surface area (TPSA) is 144 Å². The van der Waals surface area contributed by atoms with Crippen molar-refractivity contribution in [2.75, 3.05) is 17.7 Å². The Morgan fingerprint density at radius 1 is 1.18 bits per heavy atom. The SMILES string of the molecule is CN=C/C(C(=O)Nc1cnc(Nc2ccc(Oc3ccon3)cc2)n(Cc2ccc(Cl)cc2)c1=O)=C(/C)O. The van der Waals surface area contributed by atoms with E-state index >= 15 is 0 Å². The summed E-state index contributed by atoms with van der Waals surface area (Å²) in [5.74, 6) is 0.152. The highest BCUT2D eigenvalue weighted by molar-refractivity contribution is 6.30. The average Bonchev–Trinajstić information content (AvgIpc) is 3.41. The number of allylic oxidation sites excluding steroid dienone is 1. The van der Waals surface area contributed by atoms with Gasteiger partial charge in [0.1, 0.15) is 23.5 Å². The lowest BCUT2D eigenvalue weighted by Crippen LogP contribution is -2.29. The van der Waals surface area contributed by atoms with Crippen LogP contribution in [-0.4, -0.2) is 39.0 Å². The summed E-state index contributed by atoms with van der Waals surface area (Å²) in [6.45, 7) is 1.49. The number of aromatic nitrogens is 3. The number of ether oxygens (including phenoxy) is 1. The normalized spacial score (nSPS) is 11.8. The van der Waals surface area contributed by atoms with E-state index in [4.69, 9.17) is 20.9 Å². The second-order valence-corrected chi connectivity index (χ2v) is 8.38. The molecule has 3 N–H and O–H groups in total. The highest BCUT2D eigenvalue weighted by atomic mass is 35.5. The Hall–Kier alpha value is -4.90. The Balaban J connectivity index is 1.64. The van der Waals surface area contributed by atoms with Crippen molar-refractivity contribution in [1.29, 1.82) is 0 Å². The van der Waals surface area contributed by atoms with Gasteiger partial charge in [-0.15, -0.1) is 0 Å². The van der Waals surface area contributed by atoms with Gasteiger partial charge in [-0.2, -0.15) is 0 Å². The molecule has 0 aliphatic rings. The number of nitrogens with one attached hydrogen (secondary N) is 2. The summed E-state index contributed by atoms with van der Waals surface area (Å²) in [7, 11) is 1.46. The maximum Gasteiger partial charge on any atom is 0.279 e. The molecule has 2 aromatic carbocycles. The largest absolute Gasteiger partial charge is 0.512 e. The van der Waals surface area contributed by atoms with Gasteiger partial charge in [0.25, 0.3) is 17.3 Å². The standard InChI is InChI=1S/C26H23ClN6O5/c1-16(34)21(13-28-2)24(35)31-22-14-29-26(33(25(22)36)15-17-3-5-18(27)6-4-17)30-19-7-9-20(10-8-19)38-23-11-12-37-32-23/h3-14,34H,15H2,1-2H3,(H,29,30)(H,31,35)/b21-16+,28-13?. The zero-order valence-electron chi connectivity index (χ0n) is 20.4. The van der Waals surface area contributed by atoms with E-state index in [0.29, 0.717) is 22.3 Å². The first-order valence-corrected chi connectivity index (χ1v) is 11.6. The summed E-state index contributed by atoms with van der Waals surface area (Å²) in [6, 6.07) is 15.5. The third-order valence-corrected chi connectivity index (χ3v) is 5.44. The van der Waals surface area contributed by atoms with Crippen molar-refractivity contribution in [3.05, 3.63) is 99.3 Å². The van der Waals surface area contributed by atoms with E-state index in [1.807, 2.05) is 0 Å². The molecule has 2 aromatic heterocycles. The van der Waals surface area contributed by atoms with Crippen LogP contribution < -0.4 is 20.9 Å². The second-order valence-electron chi connectivity index (χ2n) is 7.94. The van der Waals surface area contributed by atoms with E-state index in [9.17, 15) is 14.7 Å². The van der Waals surface area contributed by atoms with Crippen LogP contribution in [0.25, 0.3) is 0 Å². The minimum absolute atomic E-state index is 0.0749. The number of benzene rings is 2. The molecule has 0 bridgehead atoms. The van der Waals surface area contributed by atoms with Crippen molar-refractivity contribution in [3.8, 4) is 11.6 Å². The van der Waals surface area contributed by atoms with Crippen LogP contribution in [0.15, 0.2) is 92.7 Å². The monoisotopic (exact) mass is 534 g/mol. The molecule has 0 unspecified atom stereocenters. The van der Waals surface area contributed by atoms with Crippen molar-refractivity contribution in [2.45, 2.75) is 13.5 Å². The minimum atomic E-state index is -0.698. The number of rotatable bonds is 9. The number of nitrogens with zero attached hydrogens (tertiary/aromatic N) is 4. The summed E-state index contributed by atoms with van der Waals surface area (Å²) in [4.78, 5) is 34.3. The van der Waals surface area contributed by atoms with E-state index in [-0.39, 0.29) is 29.5 Å². The van der Waals surface area contributed by atoms with Crippen molar-refractivity contribution in [1.82, 2.24) is 14.7 Å². The molecule has 1 amide bonds. The van der Waals surface area contributed by atoms with Gasteiger partial charge in [0, 0.05) is 30.0 Å². The minimum Gasteiger partial charge on any atom is -0.512 e. The van der Waals surface area contributed by atoms with Gasteiger partial charge in [-0.05, 0) is 54.0 Å². The van der Waals surface area contributed by atoms with Gasteiger partial charge in [-0.1, -0.05) is 23.7 Å². The molecule has 0 radical (unpaired) electrons. The van der Waals surface area contributed by atoms with Crippen LogP contribution in [0.3, 0.4) is 0 Å². The second kappa shape index (κ2) is 11.9. The lowest BCUT2D eigenvalue weighted by Gasteiger charge is -2.16. The van der Waals surface area contributed by atoms with Crippen molar-refractivity contribution < 1.29 is 19.2 Å². The number of aliphatic hydroxyl groups excluding tert-OH is 1. The summed E-state index contributed by atoms with van der Waals surface area (Å²) < 4.78 is 11.7. The number of carbonyl (C=O) groups is 1. The fourth-order valence-corrected chi connectivity index (χ4v) is 3.47. The van der Waals surface area contributed by atoms with Crippen molar-refractivity contribution >= 4 is 41.0 Å². The number of amides is 1. The predicted molar refractivity (Wildman–Crippen MR) is 144 cm³/mol. The summed E-state index contributed by atoms with van der Waals surface area (Å²) in [5, 5.41) is 19.7. The molecule has 194 valence electrons. The smallest absolute Gasteiger partial charge is 0.279 e. The van der Waals surface area contributed by atoms with Gasteiger partial charge in [0.15, 0.2) is 0 Å². The zero-order chi connectivity index (χ0) is 27.1. The predicted octanol–water partition coefficient (Wildman–Crippen LogP) is 4.94. The van der Waals surface area contributed by atoms with E-state index < -0.39 is 11.5 Å². The Labute approximate surface area is 222 Å². The molecule has 0 atom stereocenters. The lowest BCUT2D eigenvalue weighted by atomic mass is 10.2. The Bertz CT molecular complexity index is 1520. The lowest BCUT2D eigenvalue weighted by molar-refractivity contribution is -0.112. The number of hydrogen-bond acceptors (Lipinski definition) is 9.